The Balaban J connectivity index is 2.13. The van der Waals surface area contributed by atoms with E-state index in [1.807, 2.05) is 0 Å². The highest BCUT2D eigenvalue weighted by Crippen LogP contribution is 2.54. The maximum Gasteiger partial charge on any atom is 0.135 e. The largest absolute Gasteiger partial charge is 0.374 e. The van der Waals surface area contributed by atoms with Gasteiger partial charge in [-0.3, -0.25) is 4.79 Å². The summed E-state index contributed by atoms with van der Waals surface area (Å²) in [4.78, 5) is 11.6. The number of ketones is 1. The van der Waals surface area contributed by atoms with Crippen molar-refractivity contribution in [3.63, 3.8) is 0 Å². The Kier molecular flexibility index (Phi) is 2.69. The first-order chi connectivity index (χ1) is 7.31. The average Bonchev–Trinajstić information content (AvgIpc) is 2.48. The van der Waals surface area contributed by atoms with E-state index in [2.05, 4.69) is 20.8 Å². The van der Waals surface area contributed by atoms with Crippen molar-refractivity contribution in [1.82, 2.24) is 0 Å². The van der Waals surface area contributed by atoms with Gasteiger partial charge in [-0.15, -0.1) is 0 Å². The van der Waals surface area contributed by atoms with Crippen molar-refractivity contribution in [3.05, 3.63) is 0 Å². The predicted octanol–water partition coefficient (Wildman–Crippen LogP) is 3.34. The molecule has 1 saturated heterocycles. The molecule has 2 fully saturated rings. The summed E-state index contributed by atoms with van der Waals surface area (Å²) >= 11 is 0. The molecule has 1 aliphatic heterocycles. The molecule has 0 N–H and O–H groups in total. The van der Waals surface area contributed by atoms with E-state index in [0.717, 1.165) is 38.7 Å². The summed E-state index contributed by atoms with van der Waals surface area (Å²) in [7, 11) is 0. The van der Waals surface area contributed by atoms with Crippen LogP contribution in [0.3, 0.4) is 0 Å². The Labute approximate surface area is 98.7 Å². The lowest BCUT2D eigenvalue weighted by atomic mass is 9.60. The highest BCUT2D eigenvalue weighted by molar-refractivity contribution is 5.82. The van der Waals surface area contributed by atoms with Gasteiger partial charge in [-0.2, -0.15) is 0 Å². The summed E-state index contributed by atoms with van der Waals surface area (Å²) in [6, 6.07) is 0. The van der Waals surface area contributed by atoms with Gasteiger partial charge in [0, 0.05) is 12.0 Å². The van der Waals surface area contributed by atoms with Crippen LogP contribution in [0.15, 0.2) is 0 Å². The summed E-state index contributed by atoms with van der Waals surface area (Å²) in [6.07, 6.45) is 5.24. The zero-order chi connectivity index (χ0) is 12.0. The van der Waals surface area contributed by atoms with E-state index >= 15 is 0 Å². The maximum atomic E-state index is 11.6. The highest BCUT2D eigenvalue weighted by atomic mass is 16.5. The molecule has 0 unspecified atom stereocenters. The molecule has 1 saturated carbocycles. The van der Waals surface area contributed by atoms with Gasteiger partial charge in [-0.1, -0.05) is 20.8 Å². The minimum absolute atomic E-state index is 0.0575. The minimum atomic E-state index is -0.0900. The van der Waals surface area contributed by atoms with Crippen molar-refractivity contribution >= 4 is 5.78 Å². The van der Waals surface area contributed by atoms with Crippen LogP contribution >= 0.6 is 0 Å². The molecule has 2 heteroatoms. The van der Waals surface area contributed by atoms with Crippen LogP contribution in [0.1, 0.15) is 59.8 Å². The van der Waals surface area contributed by atoms with Gasteiger partial charge < -0.3 is 4.74 Å². The summed E-state index contributed by atoms with van der Waals surface area (Å²) in [5.74, 6) is 0.346. The van der Waals surface area contributed by atoms with Gasteiger partial charge in [-0.25, -0.2) is 0 Å². The average molecular weight is 224 g/mol. The van der Waals surface area contributed by atoms with E-state index in [-0.39, 0.29) is 16.4 Å². The maximum absolute atomic E-state index is 11.6. The Bertz CT molecular complexity index is 296. The van der Waals surface area contributed by atoms with E-state index < -0.39 is 0 Å². The number of rotatable bonds is 1. The van der Waals surface area contributed by atoms with E-state index in [9.17, 15) is 4.79 Å². The molecular weight excluding hydrogens is 200 g/mol. The van der Waals surface area contributed by atoms with Gasteiger partial charge in [0.05, 0.1) is 5.60 Å². The number of hydrogen-bond acceptors (Lipinski definition) is 2. The molecular formula is C14H24O2. The number of hydrogen-bond donors (Lipinski definition) is 0. The molecule has 92 valence electrons. The SMILES string of the molecule is CC(=O)C1(C)CCC2(CC1)OCCC2(C)C. The van der Waals surface area contributed by atoms with Gasteiger partial charge in [0.15, 0.2) is 0 Å². The van der Waals surface area contributed by atoms with Crippen molar-refractivity contribution < 1.29 is 9.53 Å². The van der Waals surface area contributed by atoms with Crippen LogP contribution in [0.4, 0.5) is 0 Å². The fourth-order valence-corrected chi connectivity index (χ4v) is 3.30. The molecule has 0 aromatic carbocycles. The molecule has 0 atom stereocenters. The fraction of sp³-hybridized carbons (Fsp3) is 0.929. The molecule has 0 bridgehead atoms. The normalized spacial score (nSPS) is 42.5. The molecule has 0 radical (unpaired) electrons. The first kappa shape index (κ1) is 12.1. The van der Waals surface area contributed by atoms with Crippen molar-refractivity contribution in [2.75, 3.05) is 6.61 Å². The number of carbonyl (C=O) groups excluding carboxylic acids is 1. The van der Waals surface area contributed by atoms with Crippen molar-refractivity contribution in [3.8, 4) is 0 Å². The van der Waals surface area contributed by atoms with E-state index in [0.29, 0.717) is 5.78 Å². The summed E-state index contributed by atoms with van der Waals surface area (Å²) in [5, 5.41) is 0. The third-order valence-corrected chi connectivity index (χ3v) is 5.35. The van der Waals surface area contributed by atoms with Crippen molar-refractivity contribution in [1.29, 1.82) is 0 Å². The molecule has 0 aromatic rings. The second-order valence-electron chi connectivity index (χ2n) is 6.59. The minimum Gasteiger partial charge on any atom is -0.374 e. The lowest BCUT2D eigenvalue weighted by Crippen LogP contribution is -2.48. The van der Waals surface area contributed by atoms with Gasteiger partial charge >= 0.3 is 0 Å². The lowest BCUT2D eigenvalue weighted by Gasteiger charge is -2.47. The Hall–Kier alpha value is -0.370. The van der Waals surface area contributed by atoms with Crippen molar-refractivity contribution in [2.24, 2.45) is 10.8 Å². The van der Waals surface area contributed by atoms with E-state index in [1.165, 1.54) is 0 Å². The molecule has 2 rings (SSSR count). The van der Waals surface area contributed by atoms with E-state index in [1.54, 1.807) is 6.92 Å². The molecule has 0 amide bonds. The van der Waals surface area contributed by atoms with Gasteiger partial charge in [-0.05, 0) is 44.4 Å². The molecule has 1 aliphatic carbocycles. The van der Waals surface area contributed by atoms with Crippen LogP contribution < -0.4 is 0 Å². The quantitative estimate of drug-likeness (QED) is 0.683. The number of carbonyl (C=O) groups is 1. The topological polar surface area (TPSA) is 26.3 Å². The second kappa shape index (κ2) is 3.56. The monoisotopic (exact) mass is 224 g/mol. The lowest BCUT2D eigenvalue weighted by molar-refractivity contribution is -0.136. The fourth-order valence-electron chi connectivity index (χ4n) is 3.30. The Morgan fingerprint density at radius 2 is 1.56 bits per heavy atom. The van der Waals surface area contributed by atoms with E-state index in [4.69, 9.17) is 4.74 Å². The predicted molar refractivity (Wildman–Crippen MR) is 64.3 cm³/mol. The van der Waals surface area contributed by atoms with Crippen LogP contribution in [0.2, 0.25) is 0 Å². The third-order valence-electron chi connectivity index (χ3n) is 5.35. The first-order valence-electron chi connectivity index (χ1n) is 6.46. The molecule has 2 aliphatic rings. The van der Waals surface area contributed by atoms with Crippen LogP contribution in [0, 0.1) is 10.8 Å². The molecule has 1 heterocycles. The summed E-state index contributed by atoms with van der Waals surface area (Å²) in [5.41, 5.74) is 0.250. The summed E-state index contributed by atoms with van der Waals surface area (Å²) < 4.78 is 6.06. The van der Waals surface area contributed by atoms with Crippen LogP contribution in [-0.2, 0) is 9.53 Å². The van der Waals surface area contributed by atoms with Crippen LogP contribution in [-0.4, -0.2) is 18.0 Å². The molecule has 1 spiro atoms. The smallest absolute Gasteiger partial charge is 0.135 e. The Morgan fingerprint density at radius 1 is 1.00 bits per heavy atom. The summed E-state index contributed by atoms with van der Waals surface area (Å²) in [6.45, 7) is 9.37. The third kappa shape index (κ3) is 1.62. The van der Waals surface area contributed by atoms with Gasteiger partial charge in [0.2, 0.25) is 0 Å². The first-order valence-corrected chi connectivity index (χ1v) is 6.46. The zero-order valence-corrected chi connectivity index (χ0v) is 11.1. The van der Waals surface area contributed by atoms with Gasteiger partial charge in [0.25, 0.3) is 0 Å². The molecule has 16 heavy (non-hydrogen) atoms. The van der Waals surface area contributed by atoms with Gasteiger partial charge in [0.1, 0.15) is 5.78 Å². The number of Topliss-reactive ketones (excluding diaryl/α,β-unsaturated/α-hetero) is 1. The van der Waals surface area contributed by atoms with Crippen molar-refractivity contribution in [2.45, 2.75) is 65.4 Å². The second-order valence-corrected chi connectivity index (χ2v) is 6.59. The molecule has 0 aromatic heterocycles. The van der Waals surface area contributed by atoms with Crippen LogP contribution in [0.25, 0.3) is 0 Å². The molecule has 2 nitrogen and oxygen atoms in total. The van der Waals surface area contributed by atoms with Crippen LogP contribution in [0.5, 0.6) is 0 Å². The highest BCUT2D eigenvalue weighted by Gasteiger charge is 2.54. The Morgan fingerprint density at radius 3 is 1.94 bits per heavy atom. The number of ether oxygens (including phenoxy) is 1. The zero-order valence-electron chi connectivity index (χ0n) is 11.1. The standard InChI is InChI=1S/C14H24O2/c1-11(15)13(4)5-7-14(8-6-13)12(2,3)9-10-16-14/h5-10H2,1-4H3.